The van der Waals surface area contributed by atoms with Crippen molar-refractivity contribution in [3.8, 4) is 0 Å². The molecule has 0 aromatic heterocycles. The average molecular weight is 830 g/mol. The van der Waals surface area contributed by atoms with Crippen molar-refractivity contribution in [3.63, 3.8) is 0 Å². The van der Waals surface area contributed by atoms with E-state index in [2.05, 4.69) is 151 Å². The number of hydrogen-bond donors (Lipinski definition) is 1. The molecule has 2 unspecified atom stereocenters. The molecular formula is C44H41As2NO2S2. The minimum atomic E-state index is -0.622. The quantitative estimate of drug-likeness (QED) is 0.0861. The van der Waals surface area contributed by atoms with Gasteiger partial charge < -0.3 is 0 Å². The van der Waals surface area contributed by atoms with Gasteiger partial charge in [0.2, 0.25) is 0 Å². The number of amides is 1. The Hall–Kier alpha value is -3.72. The van der Waals surface area contributed by atoms with Crippen LogP contribution in [-0.4, -0.2) is 61.7 Å². The first-order chi connectivity index (χ1) is 24.9. The van der Waals surface area contributed by atoms with Crippen molar-refractivity contribution in [1.29, 1.82) is 0 Å². The summed E-state index contributed by atoms with van der Waals surface area (Å²) in [4.78, 5) is 27.4. The van der Waals surface area contributed by atoms with Crippen molar-refractivity contribution < 1.29 is 9.59 Å². The number of thioether (sulfide) groups is 2. The van der Waals surface area contributed by atoms with Gasteiger partial charge >= 0.3 is 330 Å². The number of carbonyl (C=O) groups is 2. The molecule has 7 heteroatoms. The second-order valence-corrected chi connectivity index (χ2v) is 17.6. The number of nitrogens with one attached hydrogen (secondary N) is 1. The molecule has 256 valence electrons. The standard InChI is InChI=1S/C44H41As2NO2S2/c45-39(31-50-43(33-19-7-1-8-20-33,34-21-9-2-10-22-34)35-23-11-3-12-24-35)42(49)47-40(41(46)48)32-51-44(36-25-13-4-14-26-36,37-27-15-5-16-28-37)38-29-17-6-18-30-38/h1-30,39-40H,31-32,45-46H2,(H,47,49)/t39-,40-/m0/s1. The molecule has 0 spiro atoms. The number of rotatable bonds is 15. The van der Waals surface area contributed by atoms with E-state index in [4.69, 9.17) is 0 Å². The third-order valence-electron chi connectivity index (χ3n) is 9.02. The van der Waals surface area contributed by atoms with Crippen LogP contribution in [0, 0.1) is 0 Å². The van der Waals surface area contributed by atoms with Gasteiger partial charge in [0, 0.05) is 0 Å². The van der Waals surface area contributed by atoms with E-state index in [1.807, 2.05) is 36.4 Å². The molecule has 6 aromatic carbocycles. The molecule has 0 aliphatic rings. The van der Waals surface area contributed by atoms with Crippen LogP contribution in [0.25, 0.3) is 0 Å². The van der Waals surface area contributed by atoms with Crippen molar-refractivity contribution in [2.45, 2.75) is 20.2 Å². The summed E-state index contributed by atoms with van der Waals surface area (Å²) in [5.41, 5.74) is 6.85. The van der Waals surface area contributed by atoms with Gasteiger partial charge in [-0.05, 0) is 0 Å². The van der Waals surface area contributed by atoms with Crippen molar-refractivity contribution >= 4 is 67.7 Å². The maximum atomic E-state index is 14.1. The molecule has 0 aliphatic heterocycles. The van der Waals surface area contributed by atoms with Crippen molar-refractivity contribution in [2.24, 2.45) is 0 Å². The number of carbonyl (C=O) groups excluding carboxylic acids is 2. The van der Waals surface area contributed by atoms with Crippen LogP contribution < -0.4 is 5.32 Å². The SMILES string of the molecule is O=C([AsH2])[C@H](CSC(c1ccccc1)(c1ccccc1)c1ccccc1)NC(=O)[C@@H]([AsH2])CSC(c1ccccc1)(c1ccccc1)c1ccccc1. The van der Waals surface area contributed by atoms with Crippen LogP contribution in [0.3, 0.4) is 0 Å². The summed E-state index contributed by atoms with van der Waals surface area (Å²) in [5.74, 6) is 0.915. The van der Waals surface area contributed by atoms with Gasteiger partial charge in [-0.3, -0.25) is 0 Å². The van der Waals surface area contributed by atoms with Gasteiger partial charge in [-0.25, -0.2) is 0 Å². The van der Waals surface area contributed by atoms with Gasteiger partial charge in [0.05, 0.1) is 0 Å². The Morgan fingerprint density at radius 2 is 0.725 bits per heavy atom. The normalized spacial score (nSPS) is 12.8. The minimum absolute atomic E-state index is 0.00555. The molecule has 4 atom stereocenters. The van der Waals surface area contributed by atoms with E-state index in [0.717, 1.165) is 50.2 Å². The van der Waals surface area contributed by atoms with Crippen LogP contribution in [-0.2, 0) is 19.1 Å². The summed E-state index contributed by atoms with van der Waals surface area (Å²) in [6.07, 6.45) is 0. The average Bonchev–Trinajstić information content (AvgIpc) is 3.20. The third kappa shape index (κ3) is 8.34. The van der Waals surface area contributed by atoms with E-state index in [1.54, 1.807) is 23.5 Å². The Bertz CT molecular complexity index is 1790. The Kier molecular flexibility index (Phi) is 12.8. The van der Waals surface area contributed by atoms with Gasteiger partial charge in [-0.1, -0.05) is 0 Å². The summed E-state index contributed by atoms with van der Waals surface area (Å²) in [5, 5.41) is 3.21. The van der Waals surface area contributed by atoms with E-state index in [9.17, 15) is 9.59 Å². The molecule has 1 N–H and O–H groups in total. The molecule has 51 heavy (non-hydrogen) atoms. The molecule has 0 radical (unpaired) electrons. The zero-order chi connectivity index (χ0) is 35.5. The topological polar surface area (TPSA) is 46.2 Å². The fourth-order valence-electron chi connectivity index (χ4n) is 6.51. The molecule has 0 bridgehead atoms. The zero-order valence-corrected chi connectivity index (χ0v) is 34.7. The molecule has 3 nitrogen and oxygen atoms in total. The van der Waals surface area contributed by atoms with Crippen molar-refractivity contribution in [1.82, 2.24) is 5.32 Å². The molecule has 6 rings (SSSR count). The van der Waals surface area contributed by atoms with Crippen LogP contribution in [0.2, 0.25) is 4.71 Å². The maximum absolute atomic E-state index is 14.1. The predicted molar refractivity (Wildman–Crippen MR) is 221 cm³/mol. The summed E-state index contributed by atoms with van der Waals surface area (Å²) < 4.78 is -1.39. The van der Waals surface area contributed by atoms with Crippen LogP contribution in [0.1, 0.15) is 33.4 Å². The Balaban J connectivity index is 1.27. The molecular weight excluding hydrogens is 788 g/mol. The molecule has 0 saturated carbocycles. The Morgan fingerprint density at radius 1 is 0.471 bits per heavy atom. The van der Waals surface area contributed by atoms with E-state index < -0.39 is 15.5 Å². The molecule has 0 saturated heterocycles. The summed E-state index contributed by atoms with van der Waals surface area (Å²) in [7, 11) is 0. The fraction of sp³-hybridized carbons (Fsp3) is 0.136. The Morgan fingerprint density at radius 3 is 0.980 bits per heavy atom. The predicted octanol–water partition coefficient (Wildman–Crippen LogP) is 7.50. The Labute approximate surface area is 327 Å². The van der Waals surface area contributed by atoms with Gasteiger partial charge in [-0.2, -0.15) is 0 Å². The second-order valence-electron chi connectivity index (χ2n) is 12.3. The van der Waals surface area contributed by atoms with Crippen LogP contribution in [0.5, 0.6) is 0 Å². The van der Waals surface area contributed by atoms with Gasteiger partial charge in [0.1, 0.15) is 0 Å². The van der Waals surface area contributed by atoms with Gasteiger partial charge in [0.15, 0.2) is 0 Å². The van der Waals surface area contributed by atoms with E-state index in [1.165, 1.54) is 16.9 Å². The van der Waals surface area contributed by atoms with Crippen LogP contribution in [0.15, 0.2) is 182 Å². The number of hydrogen-bond acceptors (Lipinski definition) is 4. The first-order valence-electron chi connectivity index (χ1n) is 16.9. The van der Waals surface area contributed by atoms with E-state index in [-0.39, 0.29) is 15.2 Å². The first-order valence-corrected chi connectivity index (χ1v) is 21.5. The molecule has 1 amide bonds. The zero-order valence-electron chi connectivity index (χ0n) is 28.2. The van der Waals surface area contributed by atoms with Gasteiger partial charge in [0.25, 0.3) is 0 Å². The van der Waals surface area contributed by atoms with Crippen molar-refractivity contribution in [2.75, 3.05) is 11.5 Å². The third-order valence-corrected chi connectivity index (χ3v) is 15.0. The second kappa shape index (κ2) is 17.7. The fourth-order valence-corrected chi connectivity index (χ4v) is 11.2. The molecule has 0 heterocycles. The molecule has 6 aromatic rings. The monoisotopic (exact) mass is 829 g/mol. The summed E-state index contributed by atoms with van der Waals surface area (Å²) in [6.45, 7) is 0. The molecule has 0 aliphatic carbocycles. The van der Waals surface area contributed by atoms with Crippen LogP contribution in [0.4, 0.5) is 0 Å². The summed E-state index contributed by atoms with van der Waals surface area (Å²) >= 11 is 5.87. The van der Waals surface area contributed by atoms with Crippen molar-refractivity contribution in [3.05, 3.63) is 215 Å². The van der Waals surface area contributed by atoms with Crippen LogP contribution >= 0.6 is 23.5 Å². The first kappa shape index (κ1) is 37.0. The summed E-state index contributed by atoms with van der Waals surface area (Å²) in [6, 6.07) is 62.4. The number of benzene rings is 6. The molecule has 0 fully saturated rings. The van der Waals surface area contributed by atoms with E-state index >= 15 is 0 Å². The van der Waals surface area contributed by atoms with E-state index in [0.29, 0.717) is 11.5 Å². The van der Waals surface area contributed by atoms with Gasteiger partial charge in [-0.15, -0.1) is 0 Å².